The van der Waals surface area contributed by atoms with Crippen LogP contribution in [0.15, 0.2) is 72.3 Å². The Kier molecular flexibility index (Phi) is 6.70. The third-order valence-electron chi connectivity index (χ3n) is 4.73. The van der Waals surface area contributed by atoms with Crippen molar-refractivity contribution in [2.75, 3.05) is 4.90 Å². The number of hydrogen-bond acceptors (Lipinski definition) is 4. The van der Waals surface area contributed by atoms with E-state index < -0.39 is 17.8 Å². The van der Waals surface area contributed by atoms with E-state index in [-0.39, 0.29) is 21.3 Å². The Balaban J connectivity index is 1.58. The molecule has 0 aliphatic carbocycles. The summed E-state index contributed by atoms with van der Waals surface area (Å²) < 4.78 is 5.80. The molecule has 0 unspecified atom stereocenters. The van der Waals surface area contributed by atoms with Crippen LogP contribution in [0.2, 0.25) is 15.1 Å². The lowest BCUT2D eigenvalue weighted by atomic mass is 10.1. The molecule has 0 bridgehead atoms. The first-order valence-corrected chi connectivity index (χ1v) is 10.8. The highest BCUT2D eigenvalue weighted by Crippen LogP contribution is 2.29. The Morgan fingerprint density at radius 3 is 2.42 bits per heavy atom. The highest BCUT2D eigenvalue weighted by atomic mass is 35.5. The number of carbonyl (C=O) groups excluding carboxylic acids is 3. The van der Waals surface area contributed by atoms with E-state index in [9.17, 15) is 14.4 Å². The Hall–Kier alpha value is -3.32. The van der Waals surface area contributed by atoms with E-state index in [1.807, 2.05) is 12.1 Å². The first kappa shape index (κ1) is 22.9. The van der Waals surface area contributed by atoms with Crippen LogP contribution in [0.5, 0.6) is 5.75 Å². The van der Waals surface area contributed by atoms with Crippen molar-refractivity contribution in [3.63, 3.8) is 0 Å². The highest BCUT2D eigenvalue weighted by Gasteiger charge is 2.37. The molecule has 33 heavy (non-hydrogen) atoms. The molecule has 4 amide bonds. The third-order valence-corrected chi connectivity index (χ3v) is 5.70. The van der Waals surface area contributed by atoms with E-state index in [1.165, 1.54) is 24.3 Å². The van der Waals surface area contributed by atoms with E-state index in [2.05, 4.69) is 5.32 Å². The number of rotatable bonds is 5. The standard InChI is InChI=1S/C24H15Cl3N2O4/c25-16-5-1-4-15(9-16)13-33-18-6-2-3-14(10-18)11-19-22(30)28-24(32)29(23(19)31)17-7-8-20(26)21(27)12-17/h1-12H,13H2,(H,28,30,32)/b19-11-. The van der Waals surface area contributed by atoms with Gasteiger partial charge in [0.2, 0.25) is 0 Å². The second kappa shape index (κ2) is 9.67. The fraction of sp³-hybridized carbons (Fsp3) is 0.0417. The molecule has 0 atom stereocenters. The summed E-state index contributed by atoms with van der Waals surface area (Å²) in [5.41, 5.74) is 1.40. The van der Waals surface area contributed by atoms with Crippen LogP contribution in [0.1, 0.15) is 11.1 Å². The normalized spacial score (nSPS) is 15.1. The lowest BCUT2D eigenvalue weighted by Gasteiger charge is -2.26. The summed E-state index contributed by atoms with van der Waals surface area (Å²) in [4.78, 5) is 38.6. The van der Waals surface area contributed by atoms with Crippen molar-refractivity contribution in [1.82, 2.24) is 5.32 Å². The Bertz CT molecular complexity index is 1310. The van der Waals surface area contributed by atoms with Gasteiger partial charge in [0.1, 0.15) is 17.9 Å². The van der Waals surface area contributed by atoms with Crippen LogP contribution in [-0.4, -0.2) is 17.8 Å². The molecule has 0 saturated carbocycles. The van der Waals surface area contributed by atoms with Gasteiger partial charge in [-0.15, -0.1) is 0 Å². The SMILES string of the molecule is O=C1NC(=O)N(c2ccc(Cl)c(Cl)c2)C(=O)/C1=C\c1cccc(OCc2cccc(Cl)c2)c1. The van der Waals surface area contributed by atoms with Crippen molar-refractivity contribution in [1.29, 1.82) is 0 Å². The molecule has 0 spiro atoms. The molecule has 1 aliphatic rings. The first-order valence-electron chi connectivity index (χ1n) is 9.65. The maximum Gasteiger partial charge on any atom is 0.335 e. The Labute approximate surface area is 204 Å². The fourth-order valence-electron chi connectivity index (χ4n) is 3.17. The van der Waals surface area contributed by atoms with E-state index >= 15 is 0 Å². The van der Waals surface area contributed by atoms with Crippen molar-refractivity contribution in [2.45, 2.75) is 6.61 Å². The number of carbonyl (C=O) groups is 3. The lowest BCUT2D eigenvalue weighted by Crippen LogP contribution is -2.54. The van der Waals surface area contributed by atoms with Crippen molar-refractivity contribution < 1.29 is 19.1 Å². The number of amides is 4. The van der Waals surface area contributed by atoms with Crippen LogP contribution in [0.3, 0.4) is 0 Å². The maximum atomic E-state index is 13.0. The number of benzene rings is 3. The molecule has 6 nitrogen and oxygen atoms in total. The largest absolute Gasteiger partial charge is 0.489 e. The molecular weight excluding hydrogens is 487 g/mol. The molecule has 1 aliphatic heterocycles. The second-order valence-electron chi connectivity index (χ2n) is 7.05. The maximum absolute atomic E-state index is 13.0. The summed E-state index contributed by atoms with van der Waals surface area (Å²) in [6.07, 6.45) is 1.39. The number of imide groups is 2. The zero-order chi connectivity index (χ0) is 23.5. The number of anilines is 1. The topological polar surface area (TPSA) is 75.7 Å². The number of barbiturate groups is 1. The van der Waals surface area contributed by atoms with Crippen molar-refractivity contribution in [3.8, 4) is 5.75 Å². The summed E-state index contributed by atoms with van der Waals surface area (Å²) in [7, 11) is 0. The van der Waals surface area contributed by atoms with Crippen LogP contribution >= 0.6 is 34.8 Å². The second-order valence-corrected chi connectivity index (χ2v) is 8.30. The van der Waals surface area contributed by atoms with Gasteiger partial charge in [-0.3, -0.25) is 14.9 Å². The number of halogens is 3. The van der Waals surface area contributed by atoms with Gasteiger partial charge < -0.3 is 4.74 Å². The van der Waals surface area contributed by atoms with Gasteiger partial charge in [0, 0.05) is 5.02 Å². The zero-order valence-electron chi connectivity index (χ0n) is 16.8. The van der Waals surface area contributed by atoms with E-state index in [0.717, 1.165) is 10.5 Å². The van der Waals surface area contributed by atoms with Gasteiger partial charge >= 0.3 is 6.03 Å². The van der Waals surface area contributed by atoms with Crippen LogP contribution in [0.25, 0.3) is 6.08 Å². The predicted molar refractivity (Wildman–Crippen MR) is 128 cm³/mol. The molecule has 0 radical (unpaired) electrons. The summed E-state index contributed by atoms with van der Waals surface area (Å²) in [6.45, 7) is 0.291. The van der Waals surface area contributed by atoms with Gasteiger partial charge in [-0.25, -0.2) is 9.69 Å². The summed E-state index contributed by atoms with van der Waals surface area (Å²) >= 11 is 17.9. The minimum Gasteiger partial charge on any atom is -0.489 e. The van der Waals surface area contributed by atoms with Crippen LogP contribution in [-0.2, 0) is 16.2 Å². The van der Waals surface area contributed by atoms with Gasteiger partial charge in [0.05, 0.1) is 15.7 Å². The van der Waals surface area contributed by atoms with Gasteiger partial charge in [0.25, 0.3) is 11.8 Å². The predicted octanol–water partition coefficient (Wildman–Crippen LogP) is 5.89. The molecule has 1 fully saturated rings. The number of urea groups is 1. The van der Waals surface area contributed by atoms with E-state index in [4.69, 9.17) is 39.5 Å². The van der Waals surface area contributed by atoms with Gasteiger partial charge in [0.15, 0.2) is 0 Å². The minimum atomic E-state index is -0.876. The number of nitrogens with zero attached hydrogens (tertiary/aromatic N) is 1. The Morgan fingerprint density at radius 1 is 0.879 bits per heavy atom. The van der Waals surface area contributed by atoms with Crippen LogP contribution < -0.4 is 15.0 Å². The smallest absolute Gasteiger partial charge is 0.335 e. The summed E-state index contributed by atoms with van der Waals surface area (Å²) in [5.74, 6) is -1.05. The van der Waals surface area contributed by atoms with Gasteiger partial charge in [-0.05, 0) is 59.7 Å². The molecule has 3 aromatic rings. The average Bonchev–Trinajstić information content (AvgIpc) is 2.78. The molecule has 1 saturated heterocycles. The lowest BCUT2D eigenvalue weighted by molar-refractivity contribution is -0.122. The molecule has 3 aromatic carbocycles. The third kappa shape index (κ3) is 5.20. The van der Waals surface area contributed by atoms with Gasteiger partial charge in [-0.1, -0.05) is 59.1 Å². The Morgan fingerprint density at radius 2 is 1.67 bits per heavy atom. The van der Waals surface area contributed by atoms with Crippen molar-refractivity contribution in [3.05, 3.63) is 98.5 Å². The number of hydrogen-bond donors (Lipinski definition) is 1. The summed E-state index contributed by atoms with van der Waals surface area (Å²) in [6, 6.07) is 17.6. The van der Waals surface area contributed by atoms with Crippen molar-refractivity contribution in [2.24, 2.45) is 0 Å². The van der Waals surface area contributed by atoms with Crippen LogP contribution in [0.4, 0.5) is 10.5 Å². The zero-order valence-corrected chi connectivity index (χ0v) is 19.1. The monoisotopic (exact) mass is 500 g/mol. The first-order chi connectivity index (χ1) is 15.8. The van der Waals surface area contributed by atoms with Crippen LogP contribution in [0, 0.1) is 0 Å². The fourth-order valence-corrected chi connectivity index (χ4v) is 3.68. The quantitative estimate of drug-likeness (QED) is 0.349. The number of nitrogens with one attached hydrogen (secondary N) is 1. The molecule has 166 valence electrons. The molecule has 9 heteroatoms. The molecule has 1 heterocycles. The van der Waals surface area contributed by atoms with Gasteiger partial charge in [-0.2, -0.15) is 0 Å². The average molecular weight is 502 g/mol. The minimum absolute atomic E-state index is 0.168. The molecule has 0 aromatic heterocycles. The molecular formula is C24H15Cl3N2O4. The molecule has 4 rings (SSSR count). The molecule has 1 N–H and O–H groups in total. The summed E-state index contributed by atoms with van der Waals surface area (Å²) in [5, 5.41) is 3.22. The van der Waals surface area contributed by atoms with E-state index in [1.54, 1.807) is 36.4 Å². The highest BCUT2D eigenvalue weighted by molar-refractivity contribution is 6.43. The van der Waals surface area contributed by atoms with Crippen molar-refractivity contribution >= 4 is 64.4 Å². The number of ether oxygens (including phenoxy) is 1. The van der Waals surface area contributed by atoms with E-state index in [0.29, 0.717) is 22.9 Å².